The van der Waals surface area contributed by atoms with Gasteiger partial charge in [0.05, 0.1) is 0 Å². The smallest absolute Gasteiger partial charge is 0.0438 e. The predicted molar refractivity (Wildman–Crippen MR) is 92.0 cm³/mol. The zero-order valence-electron chi connectivity index (χ0n) is 12.9. The highest BCUT2D eigenvalue weighted by Crippen LogP contribution is 2.30. The highest BCUT2D eigenvalue weighted by atomic mass is 32.1. The minimum Gasteiger partial charge on any atom is -0.365 e. The molecule has 0 fully saturated rings. The van der Waals surface area contributed by atoms with Gasteiger partial charge < -0.3 is 10.2 Å². The van der Waals surface area contributed by atoms with Crippen LogP contribution in [0.3, 0.4) is 0 Å². The molecule has 0 amide bonds. The molecule has 112 valence electrons. The van der Waals surface area contributed by atoms with Gasteiger partial charge in [0.1, 0.15) is 0 Å². The summed E-state index contributed by atoms with van der Waals surface area (Å²) in [7, 11) is 0. The fraction of sp³-hybridized carbons (Fsp3) is 0.444. The van der Waals surface area contributed by atoms with Crippen LogP contribution in [0.15, 0.2) is 41.1 Å². The summed E-state index contributed by atoms with van der Waals surface area (Å²) < 4.78 is 0. The molecule has 2 heterocycles. The molecule has 3 rings (SSSR count). The SMILES string of the molecule is CCC1(CC)CN(Cc2ccsc2)c2ccccc2CN1. The van der Waals surface area contributed by atoms with Gasteiger partial charge in [-0.1, -0.05) is 32.0 Å². The van der Waals surface area contributed by atoms with Gasteiger partial charge in [0.2, 0.25) is 0 Å². The van der Waals surface area contributed by atoms with Crippen molar-refractivity contribution in [3.05, 3.63) is 52.2 Å². The van der Waals surface area contributed by atoms with Gasteiger partial charge in [0.15, 0.2) is 0 Å². The monoisotopic (exact) mass is 300 g/mol. The second kappa shape index (κ2) is 6.20. The van der Waals surface area contributed by atoms with E-state index in [0.29, 0.717) is 0 Å². The van der Waals surface area contributed by atoms with Crippen molar-refractivity contribution in [1.29, 1.82) is 0 Å². The first kappa shape index (κ1) is 14.6. The first-order chi connectivity index (χ1) is 10.3. The van der Waals surface area contributed by atoms with Crippen LogP contribution in [0.25, 0.3) is 0 Å². The maximum absolute atomic E-state index is 3.82. The van der Waals surface area contributed by atoms with E-state index in [0.717, 1.165) is 32.5 Å². The number of hydrogen-bond donors (Lipinski definition) is 1. The molecule has 3 heteroatoms. The standard InChI is InChI=1S/C18H24N2S/c1-3-18(4-2)14-20(12-15-9-10-21-13-15)17-8-6-5-7-16(17)11-19-18/h5-10,13,19H,3-4,11-12,14H2,1-2H3. The van der Waals surface area contributed by atoms with E-state index in [9.17, 15) is 0 Å². The van der Waals surface area contributed by atoms with Crippen LogP contribution in [0.1, 0.15) is 37.8 Å². The first-order valence-electron chi connectivity index (χ1n) is 7.85. The fourth-order valence-electron chi connectivity index (χ4n) is 3.23. The molecule has 1 aliphatic rings. The summed E-state index contributed by atoms with van der Waals surface area (Å²) in [4.78, 5) is 2.56. The molecule has 1 aromatic heterocycles. The van der Waals surface area contributed by atoms with Crippen LogP contribution in [-0.2, 0) is 13.1 Å². The summed E-state index contributed by atoms with van der Waals surface area (Å²) in [5, 5.41) is 8.26. The van der Waals surface area contributed by atoms with E-state index in [1.54, 1.807) is 11.3 Å². The van der Waals surface area contributed by atoms with E-state index in [1.165, 1.54) is 16.8 Å². The summed E-state index contributed by atoms with van der Waals surface area (Å²) in [6, 6.07) is 11.1. The molecular weight excluding hydrogens is 276 g/mol. The van der Waals surface area contributed by atoms with E-state index in [1.807, 2.05) is 0 Å². The lowest BCUT2D eigenvalue weighted by atomic mass is 9.92. The second-order valence-electron chi connectivity index (χ2n) is 5.96. The number of benzene rings is 1. The van der Waals surface area contributed by atoms with Gasteiger partial charge in [-0.25, -0.2) is 0 Å². The van der Waals surface area contributed by atoms with E-state index in [-0.39, 0.29) is 5.54 Å². The Labute approximate surface area is 131 Å². The van der Waals surface area contributed by atoms with E-state index in [4.69, 9.17) is 0 Å². The molecule has 0 aliphatic carbocycles. The number of nitrogens with one attached hydrogen (secondary N) is 1. The Bertz CT molecular complexity index is 573. The van der Waals surface area contributed by atoms with Crippen molar-refractivity contribution in [3.8, 4) is 0 Å². The van der Waals surface area contributed by atoms with Gasteiger partial charge in [-0.15, -0.1) is 0 Å². The topological polar surface area (TPSA) is 15.3 Å². The number of rotatable bonds is 4. The van der Waals surface area contributed by atoms with Crippen molar-refractivity contribution in [2.45, 2.75) is 45.3 Å². The van der Waals surface area contributed by atoms with Crippen molar-refractivity contribution in [1.82, 2.24) is 5.32 Å². The summed E-state index contributed by atoms with van der Waals surface area (Å²) in [6.07, 6.45) is 2.33. The summed E-state index contributed by atoms with van der Waals surface area (Å²) in [6.45, 7) is 7.65. The van der Waals surface area contributed by atoms with Gasteiger partial charge in [-0.2, -0.15) is 11.3 Å². The van der Waals surface area contributed by atoms with Gasteiger partial charge in [-0.05, 0) is 46.9 Å². The number of fused-ring (bicyclic) bond motifs is 1. The molecule has 0 unspecified atom stereocenters. The quantitative estimate of drug-likeness (QED) is 0.899. The average molecular weight is 300 g/mol. The second-order valence-corrected chi connectivity index (χ2v) is 6.74. The van der Waals surface area contributed by atoms with Crippen LogP contribution in [0.5, 0.6) is 0 Å². The molecule has 1 N–H and O–H groups in total. The lowest BCUT2D eigenvalue weighted by Gasteiger charge is -2.36. The van der Waals surface area contributed by atoms with Gasteiger partial charge in [0, 0.05) is 30.9 Å². The minimum atomic E-state index is 0.217. The lowest BCUT2D eigenvalue weighted by molar-refractivity contribution is 0.306. The van der Waals surface area contributed by atoms with Crippen LogP contribution < -0.4 is 10.2 Å². The molecule has 2 aromatic rings. The van der Waals surface area contributed by atoms with Crippen molar-refractivity contribution in [3.63, 3.8) is 0 Å². The first-order valence-corrected chi connectivity index (χ1v) is 8.79. The lowest BCUT2D eigenvalue weighted by Crippen LogP contribution is -2.50. The molecular formula is C18H24N2S. The largest absolute Gasteiger partial charge is 0.365 e. The molecule has 0 saturated carbocycles. The zero-order chi connectivity index (χ0) is 14.7. The number of nitrogens with zero attached hydrogens (tertiary/aromatic N) is 1. The molecule has 1 aromatic carbocycles. The maximum atomic E-state index is 3.82. The highest BCUT2D eigenvalue weighted by molar-refractivity contribution is 7.07. The minimum absolute atomic E-state index is 0.217. The van der Waals surface area contributed by atoms with E-state index < -0.39 is 0 Å². The normalized spacial score (nSPS) is 17.3. The van der Waals surface area contributed by atoms with Crippen LogP contribution in [-0.4, -0.2) is 12.1 Å². The third kappa shape index (κ3) is 2.99. The van der Waals surface area contributed by atoms with Crippen molar-refractivity contribution >= 4 is 17.0 Å². The van der Waals surface area contributed by atoms with Gasteiger partial charge in [0.25, 0.3) is 0 Å². The number of hydrogen-bond acceptors (Lipinski definition) is 3. The average Bonchev–Trinajstić information content (AvgIpc) is 2.98. The molecule has 2 nitrogen and oxygen atoms in total. The molecule has 1 aliphatic heterocycles. The molecule has 0 radical (unpaired) electrons. The van der Waals surface area contributed by atoms with Crippen molar-refractivity contribution in [2.75, 3.05) is 11.4 Å². The van der Waals surface area contributed by atoms with Gasteiger partial charge in [-0.3, -0.25) is 0 Å². The Kier molecular flexibility index (Phi) is 4.32. The van der Waals surface area contributed by atoms with E-state index in [2.05, 4.69) is 65.2 Å². The Balaban J connectivity index is 1.95. The number of anilines is 1. The summed E-state index contributed by atoms with van der Waals surface area (Å²) in [5.41, 5.74) is 4.43. The Morgan fingerprint density at radius 3 is 2.71 bits per heavy atom. The number of para-hydroxylation sites is 1. The molecule has 0 bridgehead atoms. The third-order valence-corrected chi connectivity index (χ3v) is 5.52. The Hall–Kier alpha value is -1.32. The highest BCUT2D eigenvalue weighted by Gasteiger charge is 2.32. The van der Waals surface area contributed by atoms with Gasteiger partial charge >= 0.3 is 0 Å². The van der Waals surface area contributed by atoms with E-state index >= 15 is 0 Å². The summed E-state index contributed by atoms with van der Waals surface area (Å²) >= 11 is 1.78. The van der Waals surface area contributed by atoms with Crippen LogP contribution >= 0.6 is 11.3 Å². The summed E-state index contributed by atoms with van der Waals surface area (Å²) in [5.74, 6) is 0. The fourth-order valence-corrected chi connectivity index (χ4v) is 3.89. The molecule has 0 saturated heterocycles. The third-order valence-electron chi connectivity index (χ3n) is 4.79. The Morgan fingerprint density at radius 1 is 1.19 bits per heavy atom. The zero-order valence-corrected chi connectivity index (χ0v) is 13.7. The number of thiophene rings is 1. The van der Waals surface area contributed by atoms with Crippen LogP contribution in [0.4, 0.5) is 5.69 Å². The maximum Gasteiger partial charge on any atom is 0.0438 e. The van der Waals surface area contributed by atoms with Crippen LogP contribution in [0.2, 0.25) is 0 Å². The van der Waals surface area contributed by atoms with Crippen molar-refractivity contribution in [2.24, 2.45) is 0 Å². The molecule has 0 spiro atoms. The van der Waals surface area contributed by atoms with Crippen LogP contribution in [0, 0.1) is 0 Å². The predicted octanol–water partition coefficient (Wildman–Crippen LogP) is 4.42. The Morgan fingerprint density at radius 2 is 2.00 bits per heavy atom. The molecule has 21 heavy (non-hydrogen) atoms. The molecule has 0 atom stereocenters. The van der Waals surface area contributed by atoms with Crippen molar-refractivity contribution < 1.29 is 0 Å².